The van der Waals surface area contributed by atoms with Gasteiger partial charge in [0.05, 0.1) is 12.2 Å². The molecule has 6 heteroatoms. The van der Waals surface area contributed by atoms with Crippen LogP contribution in [-0.4, -0.2) is 31.3 Å². The van der Waals surface area contributed by atoms with E-state index in [1.807, 2.05) is 0 Å². The molecular weight excluding hydrogens is 244 g/mol. The Kier molecular flexibility index (Phi) is 5.67. The molecule has 0 heterocycles. The molecule has 0 aromatic heterocycles. The highest BCUT2D eigenvalue weighted by Crippen LogP contribution is 2.19. The molecule has 0 aliphatic heterocycles. The van der Waals surface area contributed by atoms with Gasteiger partial charge in [0.2, 0.25) is 5.91 Å². The highest BCUT2D eigenvalue weighted by molar-refractivity contribution is 5.75. The quantitative estimate of drug-likeness (QED) is 0.805. The van der Waals surface area contributed by atoms with E-state index in [1.165, 1.54) is 13.2 Å². The summed E-state index contributed by atoms with van der Waals surface area (Å²) in [5, 5.41) is 12.0. The molecule has 18 heavy (non-hydrogen) atoms. The number of methoxy groups -OCH3 is 1. The molecule has 0 bridgehead atoms. The minimum Gasteiger partial charge on any atom is -0.386 e. The van der Waals surface area contributed by atoms with E-state index in [4.69, 9.17) is 4.74 Å². The third-order valence-corrected chi connectivity index (χ3v) is 2.36. The Balaban J connectivity index is 2.55. The molecule has 100 valence electrons. The predicted molar refractivity (Wildman–Crippen MR) is 60.8 cm³/mol. The number of amides is 1. The molecule has 0 aliphatic rings. The van der Waals surface area contributed by atoms with Gasteiger partial charge < -0.3 is 15.2 Å². The third kappa shape index (κ3) is 4.05. The summed E-state index contributed by atoms with van der Waals surface area (Å²) in [4.78, 5) is 11.2. The molecular formula is C12H15F2NO3. The van der Waals surface area contributed by atoms with Gasteiger partial charge in [-0.3, -0.25) is 4.79 Å². The minimum absolute atomic E-state index is 0.128. The predicted octanol–water partition coefficient (Wildman–Crippen LogP) is 1.15. The smallest absolute Gasteiger partial charge is 0.222 e. The summed E-state index contributed by atoms with van der Waals surface area (Å²) in [5.41, 5.74) is -0.440. The zero-order valence-corrected chi connectivity index (χ0v) is 9.95. The van der Waals surface area contributed by atoms with Crippen molar-refractivity contribution < 1.29 is 23.4 Å². The average molecular weight is 259 g/mol. The molecule has 1 atom stereocenters. The van der Waals surface area contributed by atoms with Crippen molar-refractivity contribution in [2.75, 3.05) is 20.3 Å². The van der Waals surface area contributed by atoms with Gasteiger partial charge in [0, 0.05) is 20.1 Å². The van der Waals surface area contributed by atoms with Crippen LogP contribution in [0.15, 0.2) is 18.2 Å². The molecule has 1 aromatic carbocycles. The van der Waals surface area contributed by atoms with Crippen molar-refractivity contribution in [2.45, 2.75) is 12.5 Å². The van der Waals surface area contributed by atoms with E-state index in [0.29, 0.717) is 0 Å². The number of hydrogen-bond donors (Lipinski definition) is 2. The van der Waals surface area contributed by atoms with E-state index in [2.05, 4.69) is 5.32 Å². The summed E-state index contributed by atoms with van der Waals surface area (Å²) in [6, 6.07) is 3.31. The van der Waals surface area contributed by atoms with Crippen LogP contribution in [0.5, 0.6) is 0 Å². The number of aliphatic hydroxyl groups is 1. The Morgan fingerprint density at radius 1 is 1.44 bits per heavy atom. The van der Waals surface area contributed by atoms with E-state index in [1.54, 1.807) is 0 Å². The van der Waals surface area contributed by atoms with Crippen LogP contribution < -0.4 is 5.32 Å². The Hall–Kier alpha value is -1.53. The molecule has 1 rings (SSSR count). The van der Waals surface area contributed by atoms with Crippen molar-refractivity contribution >= 4 is 5.91 Å². The largest absolute Gasteiger partial charge is 0.386 e. The van der Waals surface area contributed by atoms with Gasteiger partial charge in [0.1, 0.15) is 17.7 Å². The van der Waals surface area contributed by atoms with Crippen LogP contribution in [0, 0.1) is 11.6 Å². The van der Waals surface area contributed by atoms with Crippen molar-refractivity contribution in [3.8, 4) is 0 Å². The number of ether oxygens (including phenoxy) is 1. The first-order valence-electron chi connectivity index (χ1n) is 5.44. The second-order valence-corrected chi connectivity index (χ2v) is 3.70. The normalized spacial score (nSPS) is 12.2. The Bertz CT molecular complexity index is 392. The molecule has 0 spiro atoms. The Morgan fingerprint density at radius 3 is 2.61 bits per heavy atom. The fourth-order valence-electron chi connectivity index (χ4n) is 1.42. The lowest BCUT2D eigenvalue weighted by Gasteiger charge is -2.13. The summed E-state index contributed by atoms with van der Waals surface area (Å²) in [6.07, 6.45) is -1.29. The number of hydrogen-bond acceptors (Lipinski definition) is 3. The standard InChI is InChI=1S/C12H15F2NO3/c1-18-6-5-11(17)15-7-10(16)12-8(13)3-2-4-9(12)14/h2-4,10,16H,5-7H2,1H3,(H,15,17). The second-order valence-electron chi connectivity index (χ2n) is 3.70. The monoisotopic (exact) mass is 259 g/mol. The minimum atomic E-state index is -1.42. The number of benzene rings is 1. The van der Waals surface area contributed by atoms with E-state index in [-0.39, 0.29) is 25.5 Å². The lowest BCUT2D eigenvalue weighted by Crippen LogP contribution is -2.29. The van der Waals surface area contributed by atoms with Gasteiger partial charge in [-0.25, -0.2) is 8.78 Å². The van der Waals surface area contributed by atoms with Crippen LogP contribution in [-0.2, 0) is 9.53 Å². The van der Waals surface area contributed by atoms with Crippen LogP contribution in [0.3, 0.4) is 0 Å². The molecule has 0 saturated carbocycles. The highest BCUT2D eigenvalue weighted by atomic mass is 19.1. The number of nitrogens with one attached hydrogen (secondary N) is 1. The molecule has 0 radical (unpaired) electrons. The first-order chi connectivity index (χ1) is 8.56. The zero-order valence-electron chi connectivity index (χ0n) is 9.95. The number of carbonyl (C=O) groups is 1. The van der Waals surface area contributed by atoms with E-state index in [0.717, 1.165) is 12.1 Å². The van der Waals surface area contributed by atoms with Crippen LogP contribution in [0.1, 0.15) is 18.1 Å². The van der Waals surface area contributed by atoms with Gasteiger partial charge in [-0.2, -0.15) is 0 Å². The first-order valence-corrected chi connectivity index (χ1v) is 5.44. The van der Waals surface area contributed by atoms with E-state index >= 15 is 0 Å². The van der Waals surface area contributed by atoms with Gasteiger partial charge >= 0.3 is 0 Å². The van der Waals surface area contributed by atoms with Crippen LogP contribution in [0.2, 0.25) is 0 Å². The molecule has 1 unspecified atom stereocenters. The van der Waals surface area contributed by atoms with E-state index in [9.17, 15) is 18.7 Å². The molecule has 4 nitrogen and oxygen atoms in total. The van der Waals surface area contributed by atoms with Crippen LogP contribution in [0.4, 0.5) is 8.78 Å². The first kappa shape index (κ1) is 14.5. The second kappa shape index (κ2) is 7.03. The SMILES string of the molecule is COCCC(=O)NCC(O)c1c(F)cccc1F. The van der Waals surface area contributed by atoms with Crippen molar-refractivity contribution in [3.05, 3.63) is 35.4 Å². The summed E-state index contributed by atoms with van der Waals surface area (Å²) < 4.78 is 31.3. The third-order valence-electron chi connectivity index (χ3n) is 2.36. The van der Waals surface area contributed by atoms with Crippen molar-refractivity contribution in [1.82, 2.24) is 5.32 Å². The fraction of sp³-hybridized carbons (Fsp3) is 0.417. The fourth-order valence-corrected chi connectivity index (χ4v) is 1.42. The lowest BCUT2D eigenvalue weighted by atomic mass is 10.1. The number of halogens is 2. The number of carbonyl (C=O) groups excluding carboxylic acids is 1. The molecule has 0 fully saturated rings. The van der Waals surface area contributed by atoms with Gasteiger partial charge in [-0.05, 0) is 12.1 Å². The number of aliphatic hydroxyl groups excluding tert-OH is 1. The maximum absolute atomic E-state index is 13.3. The van der Waals surface area contributed by atoms with Gasteiger partial charge in [0.25, 0.3) is 0 Å². The molecule has 2 N–H and O–H groups in total. The van der Waals surface area contributed by atoms with Crippen LogP contribution >= 0.6 is 0 Å². The summed E-state index contributed by atoms with van der Waals surface area (Å²) in [6.45, 7) is -0.00358. The van der Waals surface area contributed by atoms with Gasteiger partial charge in [0.15, 0.2) is 0 Å². The Labute approximate surface area is 104 Å². The lowest BCUT2D eigenvalue weighted by molar-refractivity contribution is -0.122. The zero-order chi connectivity index (χ0) is 13.5. The van der Waals surface area contributed by atoms with Crippen LogP contribution in [0.25, 0.3) is 0 Å². The van der Waals surface area contributed by atoms with Gasteiger partial charge in [-0.15, -0.1) is 0 Å². The topological polar surface area (TPSA) is 58.6 Å². The van der Waals surface area contributed by atoms with Crippen molar-refractivity contribution in [1.29, 1.82) is 0 Å². The molecule has 0 aliphatic carbocycles. The summed E-state index contributed by atoms with van der Waals surface area (Å²) in [7, 11) is 1.46. The highest BCUT2D eigenvalue weighted by Gasteiger charge is 2.18. The van der Waals surface area contributed by atoms with Crippen molar-refractivity contribution in [3.63, 3.8) is 0 Å². The van der Waals surface area contributed by atoms with Crippen molar-refractivity contribution in [2.24, 2.45) is 0 Å². The molecule has 0 saturated heterocycles. The average Bonchev–Trinajstić information content (AvgIpc) is 2.33. The summed E-state index contributed by atoms with van der Waals surface area (Å²) >= 11 is 0. The maximum Gasteiger partial charge on any atom is 0.222 e. The van der Waals surface area contributed by atoms with E-state index < -0.39 is 23.3 Å². The summed E-state index contributed by atoms with van der Waals surface area (Å²) in [5.74, 6) is -2.03. The van der Waals surface area contributed by atoms with Gasteiger partial charge in [-0.1, -0.05) is 6.07 Å². The maximum atomic E-state index is 13.3. The Morgan fingerprint density at radius 2 is 2.06 bits per heavy atom. The molecule has 1 amide bonds. The number of rotatable bonds is 6. The molecule has 1 aromatic rings.